The van der Waals surface area contributed by atoms with Crippen molar-refractivity contribution in [1.82, 2.24) is 0 Å². The molecule has 0 bridgehead atoms. The first-order valence-electron chi connectivity index (χ1n) is 4.79. The Morgan fingerprint density at radius 3 is 2.40 bits per heavy atom. The smallest absolute Gasteiger partial charge is 0.247 e. The number of nitrogens with two attached hydrogens (primary N) is 2. The van der Waals surface area contributed by atoms with E-state index in [4.69, 9.17) is 11.5 Å². The van der Waals surface area contributed by atoms with Crippen molar-refractivity contribution in [2.24, 2.45) is 11.5 Å². The number of benzene rings is 1. The SMILES string of the molecule is Cc1ccc(CC(N)C(O)C(N)=O)cc1. The van der Waals surface area contributed by atoms with Crippen LogP contribution >= 0.6 is 0 Å². The van der Waals surface area contributed by atoms with E-state index < -0.39 is 18.1 Å². The third-order valence-electron chi connectivity index (χ3n) is 2.29. The molecule has 1 rings (SSSR count). The first-order valence-corrected chi connectivity index (χ1v) is 4.79. The summed E-state index contributed by atoms with van der Waals surface area (Å²) in [7, 11) is 0. The van der Waals surface area contributed by atoms with E-state index >= 15 is 0 Å². The molecule has 82 valence electrons. The minimum Gasteiger partial charge on any atom is -0.382 e. The van der Waals surface area contributed by atoms with Gasteiger partial charge in [-0.15, -0.1) is 0 Å². The molecule has 0 spiro atoms. The van der Waals surface area contributed by atoms with E-state index in [0.29, 0.717) is 6.42 Å². The lowest BCUT2D eigenvalue weighted by atomic mass is 10.0. The maximum Gasteiger partial charge on any atom is 0.247 e. The second kappa shape index (κ2) is 4.91. The third-order valence-corrected chi connectivity index (χ3v) is 2.29. The van der Waals surface area contributed by atoms with Gasteiger partial charge in [0.1, 0.15) is 6.10 Å². The molecule has 2 unspecified atom stereocenters. The lowest BCUT2D eigenvalue weighted by Gasteiger charge is -2.15. The summed E-state index contributed by atoms with van der Waals surface area (Å²) in [6.07, 6.45) is -0.851. The number of rotatable bonds is 4. The average Bonchev–Trinajstić information content (AvgIpc) is 2.20. The summed E-state index contributed by atoms with van der Waals surface area (Å²) in [5.74, 6) is -0.783. The molecule has 0 aliphatic rings. The van der Waals surface area contributed by atoms with Crippen molar-refractivity contribution in [3.63, 3.8) is 0 Å². The molecule has 15 heavy (non-hydrogen) atoms. The highest BCUT2D eigenvalue weighted by Gasteiger charge is 2.20. The van der Waals surface area contributed by atoms with Gasteiger partial charge in [-0.25, -0.2) is 0 Å². The van der Waals surface area contributed by atoms with Gasteiger partial charge in [0.05, 0.1) is 0 Å². The van der Waals surface area contributed by atoms with Crippen LogP contribution in [0.4, 0.5) is 0 Å². The fraction of sp³-hybridized carbons (Fsp3) is 0.364. The van der Waals surface area contributed by atoms with Gasteiger partial charge in [-0.1, -0.05) is 29.8 Å². The Labute approximate surface area is 88.9 Å². The highest BCUT2D eigenvalue weighted by Crippen LogP contribution is 2.06. The van der Waals surface area contributed by atoms with Crippen LogP contribution in [0.25, 0.3) is 0 Å². The minimum absolute atomic E-state index is 0.435. The van der Waals surface area contributed by atoms with Crippen molar-refractivity contribution in [3.8, 4) is 0 Å². The van der Waals surface area contributed by atoms with Gasteiger partial charge in [-0.2, -0.15) is 0 Å². The number of aryl methyl sites for hydroxylation is 1. The van der Waals surface area contributed by atoms with Crippen LogP contribution in [0, 0.1) is 6.92 Å². The molecule has 0 saturated carbocycles. The Morgan fingerprint density at radius 1 is 1.40 bits per heavy atom. The van der Waals surface area contributed by atoms with Crippen molar-refractivity contribution in [3.05, 3.63) is 35.4 Å². The fourth-order valence-corrected chi connectivity index (χ4v) is 1.32. The third kappa shape index (κ3) is 3.34. The fourth-order valence-electron chi connectivity index (χ4n) is 1.32. The first-order chi connectivity index (χ1) is 7.00. The molecule has 0 fully saturated rings. The zero-order chi connectivity index (χ0) is 11.4. The average molecular weight is 208 g/mol. The van der Waals surface area contributed by atoms with Crippen molar-refractivity contribution in [1.29, 1.82) is 0 Å². The Morgan fingerprint density at radius 2 is 1.93 bits per heavy atom. The molecule has 0 aliphatic heterocycles. The summed E-state index contributed by atoms with van der Waals surface area (Å²) < 4.78 is 0. The Hall–Kier alpha value is -1.39. The Kier molecular flexibility index (Phi) is 3.82. The lowest BCUT2D eigenvalue weighted by Crippen LogP contribution is -2.45. The normalized spacial score (nSPS) is 14.6. The maximum atomic E-state index is 10.7. The van der Waals surface area contributed by atoms with E-state index in [1.165, 1.54) is 0 Å². The predicted molar refractivity (Wildman–Crippen MR) is 58.1 cm³/mol. The second-order valence-corrected chi connectivity index (χ2v) is 3.70. The zero-order valence-corrected chi connectivity index (χ0v) is 8.68. The Bertz CT molecular complexity index is 335. The van der Waals surface area contributed by atoms with Gasteiger partial charge < -0.3 is 16.6 Å². The number of amides is 1. The van der Waals surface area contributed by atoms with E-state index in [-0.39, 0.29) is 0 Å². The number of carbonyl (C=O) groups excluding carboxylic acids is 1. The van der Waals surface area contributed by atoms with Crippen molar-refractivity contribution >= 4 is 5.91 Å². The minimum atomic E-state index is -1.29. The first kappa shape index (κ1) is 11.7. The van der Waals surface area contributed by atoms with Crippen LogP contribution in [0.1, 0.15) is 11.1 Å². The number of hydrogen-bond acceptors (Lipinski definition) is 3. The summed E-state index contributed by atoms with van der Waals surface area (Å²) in [6.45, 7) is 1.99. The highest BCUT2D eigenvalue weighted by atomic mass is 16.3. The number of carbonyl (C=O) groups is 1. The van der Waals surface area contributed by atoms with E-state index in [0.717, 1.165) is 11.1 Å². The van der Waals surface area contributed by atoms with Crippen LogP contribution in [0.3, 0.4) is 0 Å². The zero-order valence-electron chi connectivity index (χ0n) is 8.68. The van der Waals surface area contributed by atoms with Gasteiger partial charge in [0.25, 0.3) is 0 Å². The second-order valence-electron chi connectivity index (χ2n) is 3.70. The molecular weight excluding hydrogens is 192 g/mol. The monoisotopic (exact) mass is 208 g/mol. The molecule has 5 N–H and O–H groups in total. The van der Waals surface area contributed by atoms with Gasteiger partial charge in [0, 0.05) is 6.04 Å². The molecule has 0 heterocycles. The predicted octanol–water partition coefficient (Wildman–Crippen LogP) is -0.289. The standard InChI is InChI=1S/C11H16N2O2/c1-7-2-4-8(5-3-7)6-9(12)10(14)11(13)15/h2-5,9-10,14H,6,12H2,1H3,(H2,13,15). The van der Waals surface area contributed by atoms with Crippen molar-refractivity contribution < 1.29 is 9.90 Å². The summed E-state index contributed by atoms with van der Waals surface area (Å²) in [4.78, 5) is 10.7. The van der Waals surface area contributed by atoms with Crippen LogP contribution in [0.15, 0.2) is 24.3 Å². The molecule has 0 saturated heterocycles. The lowest BCUT2D eigenvalue weighted by molar-refractivity contribution is -0.126. The summed E-state index contributed by atoms with van der Waals surface area (Å²) in [5.41, 5.74) is 12.7. The molecule has 0 radical (unpaired) electrons. The molecule has 4 nitrogen and oxygen atoms in total. The van der Waals surface area contributed by atoms with Crippen LogP contribution in [0.5, 0.6) is 0 Å². The largest absolute Gasteiger partial charge is 0.382 e. The molecule has 0 aliphatic carbocycles. The highest BCUT2D eigenvalue weighted by molar-refractivity contribution is 5.79. The van der Waals surface area contributed by atoms with Crippen molar-refractivity contribution in [2.45, 2.75) is 25.5 Å². The number of aliphatic hydroxyl groups excluding tert-OH is 1. The Balaban J connectivity index is 2.62. The number of aliphatic hydroxyl groups is 1. The quantitative estimate of drug-likeness (QED) is 0.635. The summed E-state index contributed by atoms with van der Waals surface area (Å²) in [5, 5.41) is 9.31. The van der Waals surface area contributed by atoms with E-state index in [1.807, 2.05) is 31.2 Å². The van der Waals surface area contributed by atoms with E-state index in [9.17, 15) is 9.90 Å². The van der Waals surface area contributed by atoms with Crippen LogP contribution < -0.4 is 11.5 Å². The van der Waals surface area contributed by atoms with Gasteiger partial charge >= 0.3 is 0 Å². The molecule has 1 aromatic rings. The van der Waals surface area contributed by atoms with Crippen LogP contribution in [-0.4, -0.2) is 23.2 Å². The summed E-state index contributed by atoms with van der Waals surface area (Å²) >= 11 is 0. The molecule has 4 heteroatoms. The van der Waals surface area contributed by atoms with Crippen LogP contribution in [0.2, 0.25) is 0 Å². The van der Waals surface area contributed by atoms with Gasteiger partial charge in [0.2, 0.25) is 5.91 Å². The number of primary amides is 1. The molecular formula is C11H16N2O2. The van der Waals surface area contributed by atoms with Gasteiger partial charge in [0.15, 0.2) is 0 Å². The number of hydrogen-bond donors (Lipinski definition) is 3. The summed E-state index contributed by atoms with van der Waals surface area (Å²) in [6, 6.07) is 7.11. The topological polar surface area (TPSA) is 89.3 Å². The van der Waals surface area contributed by atoms with Crippen molar-refractivity contribution in [2.75, 3.05) is 0 Å². The molecule has 2 atom stereocenters. The van der Waals surface area contributed by atoms with E-state index in [1.54, 1.807) is 0 Å². The maximum absolute atomic E-state index is 10.7. The van der Waals surface area contributed by atoms with Crippen LogP contribution in [-0.2, 0) is 11.2 Å². The van der Waals surface area contributed by atoms with E-state index in [2.05, 4.69) is 0 Å². The molecule has 0 aromatic heterocycles. The van der Waals surface area contributed by atoms with Gasteiger partial charge in [-0.3, -0.25) is 4.79 Å². The molecule has 1 aromatic carbocycles. The molecule has 1 amide bonds. The van der Waals surface area contributed by atoms with Gasteiger partial charge in [-0.05, 0) is 18.9 Å².